The molecule has 2 aromatic rings. The molecule has 0 spiro atoms. The topological polar surface area (TPSA) is 78.7 Å². The number of nitro benzene ring substituents is 1. The normalized spacial score (nSPS) is 15.9. The summed E-state index contributed by atoms with van der Waals surface area (Å²) in [6.45, 7) is 9.54. The molecule has 0 aliphatic carbocycles. The van der Waals surface area contributed by atoms with E-state index in [1.54, 1.807) is 12.1 Å². The van der Waals surface area contributed by atoms with Crippen molar-refractivity contribution in [3.05, 3.63) is 63.7 Å². The second kappa shape index (κ2) is 8.39. The number of anilines is 2. The Hall–Kier alpha value is -2.93. The molecule has 0 saturated carbocycles. The summed E-state index contributed by atoms with van der Waals surface area (Å²) < 4.78 is 0. The van der Waals surface area contributed by atoms with E-state index in [9.17, 15) is 14.9 Å². The number of nitrogens with one attached hydrogen (secondary N) is 1. The van der Waals surface area contributed by atoms with E-state index in [0.29, 0.717) is 5.69 Å². The minimum absolute atomic E-state index is 0.00797. The molecule has 7 nitrogen and oxygen atoms in total. The zero-order valence-corrected chi connectivity index (χ0v) is 16.5. The van der Waals surface area contributed by atoms with E-state index in [1.165, 1.54) is 28.9 Å². The Morgan fingerprint density at radius 3 is 2.32 bits per heavy atom. The Morgan fingerprint density at radius 1 is 1.07 bits per heavy atom. The summed E-state index contributed by atoms with van der Waals surface area (Å²) in [5.74, 6) is -0.103. The first-order valence-electron chi connectivity index (χ1n) is 9.47. The minimum atomic E-state index is -0.455. The fourth-order valence-electron chi connectivity index (χ4n) is 3.51. The predicted molar refractivity (Wildman–Crippen MR) is 111 cm³/mol. The zero-order valence-electron chi connectivity index (χ0n) is 16.5. The summed E-state index contributed by atoms with van der Waals surface area (Å²) in [6, 6.07) is 12.0. The van der Waals surface area contributed by atoms with Gasteiger partial charge in [0.05, 0.1) is 11.0 Å². The summed E-state index contributed by atoms with van der Waals surface area (Å²) in [4.78, 5) is 27.4. The number of aryl methyl sites for hydroxylation is 1. The second-order valence-electron chi connectivity index (χ2n) is 7.21. The lowest BCUT2D eigenvalue weighted by molar-refractivity contribution is -0.384. The van der Waals surface area contributed by atoms with Crippen LogP contribution in [0.3, 0.4) is 0 Å². The Kier molecular flexibility index (Phi) is 5.94. The van der Waals surface area contributed by atoms with Gasteiger partial charge in [-0.3, -0.25) is 19.8 Å². The highest BCUT2D eigenvalue weighted by Gasteiger charge is 2.26. The van der Waals surface area contributed by atoms with Crippen LogP contribution in [0, 0.1) is 24.0 Å². The van der Waals surface area contributed by atoms with Crippen molar-refractivity contribution in [2.24, 2.45) is 0 Å². The summed E-state index contributed by atoms with van der Waals surface area (Å²) in [6.07, 6.45) is 0. The van der Waals surface area contributed by atoms with Crippen LogP contribution < -0.4 is 10.2 Å². The lowest BCUT2D eigenvalue weighted by Crippen LogP contribution is -2.53. The van der Waals surface area contributed by atoms with Crippen molar-refractivity contribution in [2.45, 2.75) is 26.8 Å². The fourth-order valence-corrected chi connectivity index (χ4v) is 3.51. The number of non-ortho nitro benzene ring substituents is 1. The van der Waals surface area contributed by atoms with Gasteiger partial charge < -0.3 is 10.2 Å². The maximum absolute atomic E-state index is 12.6. The average Bonchev–Trinajstić information content (AvgIpc) is 2.70. The Morgan fingerprint density at radius 2 is 1.71 bits per heavy atom. The van der Waals surface area contributed by atoms with E-state index < -0.39 is 4.92 Å². The van der Waals surface area contributed by atoms with Gasteiger partial charge in [0, 0.05) is 49.7 Å². The number of carbonyl (C=O) groups excluding carboxylic acids is 1. The van der Waals surface area contributed by atoms with Crippen LogP contribution in [0.4, 0.5) is 17.1 Å². The highest BCUT2D eigenvalue weighted by atomic mass is 16.6. The molecule has 7 heteroatoms. The molecule has 0 radical (unpaired) electrons. The zero-order chi connectivity index (χ0) is 20.3. The predicted octanol–water partition coefficient (Wildman–Crippen LogP) is 3.36. The third-order valence-corrected chi connectivity index (χ3v) is 5.50. The lowest BCUT2D eigenvalue weighted by Gasteiger charge is -2.39. The van der Waals surface area contributed by atoms with Crippen LogP contribution in [0.25, 0.3) is 0 Å². The number of amides is 1. The first-order valence-corrected chi connectivity index (χ1v) is 9.47. The largest absolute Gasteiger partial charge is 0.369 e. The average molecular weight is 382 g/mol. The Balaban J connectivity index is 1.57. The van der Waals surface area contributed by atoms with Crippen LogP contribution in [0.5, 0.6) is 0 Å². The summed E-state index contributed by atoms with van der Waals surface area (Å²) >= 11 is 0. The molecule has 1 heterocycles. The van der Waals surface area contributed by atoms with Crippen molar-refractivity contribution in [3.63, 3.8) is 0 Å². The van der Waals surface area contributed by atoms with E-state index in [1.807, 2.05) is 6.92 Å². The third kappa shape index (κ3) is 4.31. The summed E-state index contributed by atoms with van der Waals surface area (Å²) in [7, 11) is 0. The lowest BCUT2D eigenvalue weighted by atomic mass is 10.1. The van der Waals surface area contributed by atoms with E-state index in [-0.39, 0.29) is 17.6 Å². The first-order chi connectivity index (χ1) is 13.4. The number of piperazine rings is 1. The number of hydrogen-bond donors (Lipinski definition) is 1. The van der Waals surface area contributed by atoms with Crippen LogP contribution in [0.15, 0.2) is 42.5 Å². The van der Waals surface area contributed by atoms with Gasteiger partial charge in [-0.1, -0.05) is 12.1 Å². The van der Waals surface area contributed by atoms with Crippen molar-refractivity contribution in [1.29, 1.82) is 0 Å². The van der Waals surface area contributed by atoms with Gasteiger partial charge in [-0.2, -0.15) is 0 Å². The molecule has 3 rings (SSSR count). The molecular formula is C21H26N4O3. The molecule has 1 unspecified atom stereocenters. The monoisotopic (exact) mass is 382 g/mol. The standard InChI is InChI=1S/C21H26N4O3/c1-15-5-4-6-20(16(15)2)24-13-11-23(12-14-24)17(3)21(26)22-18-7-9-19(10-8-18)25(27)28/h4-10,17H,11-14H2,1-3H3,(H,22,26). The third-order valence-electron chi connectivity index (χ3n) is 5.50. The molecule has 1 fully saturated rings. The molecule has 1 aliphatic rings. The smallest absolute Gasteiger partial charge is 0.269 e. The van der Waals surface area contributed by atoms with Crippen molar-refractivity contribution in [1.82, 2.24) is 4.90 Å². The Labute approximate surface area is 165 Å². The fraction of sp³-hybridized carbons (Fsp3) is 0.381. The van der Waals surface area contributed by atoms with Gasteiger partial charge in [0.2, 0.25) is 5.91 Å². The highest BCUT2D eigenvalue weighted by Crippen LogP contribution is 2.24. The molecule has 2 aromatic carbocycles. The SMILES string of the molecule is Cc1cccc(N2CCN(C(C)C(=O)Nc3ccc([N+](=O)[O-])cc3)CC2)c1C. The van der Waals surface area contributed by atoms with E-state index in [4.69, 9.17) is 0 Å². The van der Waals surface area contributed by atoms with E-state index in [0.717, 1.165) is 26.2 Å². The molecule has 1 saturated heterocycles. The van der Waals surface area contributed by atoms with Crippen LogP contribution in [-0.2, 0) is 4.79 Å². The molecule has 0 bridgehead atoms. The van der Waals surface area contributed by atoms with Gasteiger partial charge in [0.25, 0.3) is 5.69 Å². The number of nitrogens with zero attached hydrogens (tertiary/aromatic N) is 3. The highest BCUT2D eigenvalue weighted by molar-refractivity contribution is 5.94. The van der Waals surface area contributed by atoms with Gasteiger partial charge in [-0.15, -0.1) is 0 Å². The van der Waals surface area contributed by atoms with Gasteiger partial charge in [0.1, 0.15) is 0 Å². The summed E-state index contributed by atoms with van der Waals surface area (Å²) in [5, 5.41) is 13.6. The van der Waals surface area contributed by atoms with E-state index >= 15 is 0 Å². The number of nitro groups is 1. The first kappa shape index (κ1) is 19.8. The van der Waals surface area contributed by atoms with Crippen LogP contribution in [-0.4, -0.2) is 48.0 Å². The molecule has 0 aromatic heterocycles. The van der Waals surface area contributed by atoms with Crippen molar-refractivity contribution < 1.29 is 9.72 Å². The number of carbonyl (C=O) groups is 1. The van der Waals surface area contributed by atoms with Crippen molar-refractivity contribution in [2.75, 3.05) is 36.4 Å². The second-order valence-corrected chi connectivity index (χ2v) is 7.21. The Bertz CT molecular complexity index is 858. The van der Waals surface area contributed by atoms with Crippen LogP contribution in [0.1, 0.15) is 18.1 Å². The molecule has 1 atom stereocenters. The molecule has 28 heavy (non-hydrogen) atoms. The van der Waals surface area contributed by atoms with Gasteiger partial charge in [-0.25, -0.2) is 0 Å². The van der Waals surface area contributed by atoms with Gasteiger partial charge in [-0.05, 0) is 50.1 Å². The van der Waals surface area contributed by atoms with E-state index in [2.05, 4.69) is 47.2 Å². The molecular weight excluding hydrogens is 356 g/mol. The number of benzene rings is 2. The van der Waals surface area contributed by atoms with Gasteiger partial charge in [0.15, 0.2) is 0 Å². The van der Waals surface area contributed by atoms with Crippen molar-refractivity contribution in [3.8, 4) is 0 Å². The molecule has 148 valence electrons. The maximum atomic E-state index is 12.6. The molecule has 1 N–H and O–H groups in total. The number of hydrogen-bond acceptors (Lipinski definition) is 5. The minimum Gasteiger partial charge on any atom is -0.369 e. The summed E-state index contributed by atoms with van der Waals surface area (Å²) in [5.41, 5.74) is 4.43. The van der Waals surface area contributed by atoms with Crippen molar-refractivity contribution >= 4 is 23.0 Å². The van der Waals surface area contributed by atoms with Crippen LogP contribution in [0.2, 0.25) is 0 Å². The van der Waals surface area contributed by atoms with Crippen LogP contribution >= 0.6 is 0 Å². The molecule has 1 aliphatic heterocycles. The van der Waals surface area contributed by atoms with Gasteiger partial charge >= 0.3 is 0 Å². The maximum Gasteiger partial charge on any atom is 0.269 e. The molecule has 1 amide bonds. The number of rotatable bonds is 5. The quantitative estimate of drug-likeness (QED) is 0.634.